The quantitative estimate of drug-likeness (QED) is 0.646. The molecule has 0 amide bonds. The van der Waals surface area contributed by atoms with Crippen LogP contribution < -0.4 is 10.1 Å². The van der Waals surface area contributed by atoms with Crippen LogP contribution in [-0.4, -0.2) is 34.5 Å². The van der Waals surface area contributed by atoms with Crippen molar-refractivity contribution in [3.8, 4) is 6.01 Å². The second-order valence-electron chi connectivity index (χ2n) is 3.82. The first kappa shape index (κ1) is 13.0. The summed E-state index contributed by atoms with van der Waals surface area (Å²) in [6.07, 6.45) is 6.43. The molecule has 92 valence electrons. The molecule has 0 unspecified atom stereocenters. The average molecular weight is 226 g/mol. The molecule has 16 heavy (non-hydrogen) atoms. The standard InChI is InChI=1S/C11H22N4O/c1-3-12-8-6-4-5-7-9-16-11-13-10-15(2)14-11/h10,12H,3-9H2,1-2H3. The van der Waals surface area contributed by atoms with Gasteiger partial charge in [-0.15, -0.1) is 5.10 Å². The van der Waals surface area contributed by atoms with E-state index in [9.17, 15) is 0 Å². The van der Waals surface area contributed by atoms with Crippen LogP contribution in [0.4, 0.5) is 0 Å². The summed E-state index contributed by atoms with van der Waals surface area (Å²) in [5, 5.41) is 7.36. The molecule has 1 rings (SSSR count). The molecule has 1 N–H and O–H groups in total. The molecule has 5 heteroatoms. The van der Waals surface area contributed by atoms with Crippen LogP contribution in [0.2, 0.25) is 0 Å². The minimum Gasteiger partial charge on any atom is -0.462 e. The second-order valence-corrected chi connectivity index (χ2v) is 3.82. The molecule has 0 saturated carbocycles. The summed E-state index contributed by atoms with van der Waals surface area (Å²) in [7, 11) is 1.83. The van der Waals surface area contributed by atoms with Gasteiger partial charge in [-0.3, -0.25) is 4.68 Å². The number of hydrogen-bond acceptors (Lipinski definition) is 4. The van der Waals surface area contributed by atoms with E-state index < -0.39 is 0 Å². The smallest absolute Gasteiger partial charge is 0.335 e. The summed E-state index contributed by atoms with van der Waals surface area (Å²) >= 11 is 0. The first-order chi connectivity index (χ1) is 7.83. The number of hydrogen-bond donors (Lipinski definition) is 1. The number of aromatic nitrogens is 3. The van der Waals surface area contributed by atoms with Crippen molar-refractivity contribution in [2.45, 2.75) is 32.6 Å². The Morgan fingerprint density at radius 3 is 2.81 bits per heavy atom. The molecule has 0 aliphatic rings. The van der Waals surface area contributed by atoms with E-state index >= 15 is 0 Å². The van der Waals surface area contributed by atoms with Crippen molar-refractivity contribution >= 4 is 0 Å². The number of unbranched alkanes of at least 4 members (excludes halogenated alkanes) is 3. The van der Waals surface area contributed by atoms with E-state index in [1.807, 2.05) is 7.05 Å². The fraction of sp³-hybridized carbons (Fsp3) is 0.818. The number of nitrogens with one attached hydrogen (secondary N) is 1. The minimum absolute atomic E-state index is 0.482. The summed E-state index contributed by atoms with van der Waals surface area (Å²) in [6, 6.07) is 0.482. The first-order valence-electron chi connectivity index (χ1n) is 6.02. The van der Waals surface area contributed by atoms with E-state index in [1.165, 1.54) is 19.3 Å². The van der Waals surface area contributed by atoms with Crippen LogP contribution >= 0.6 is 0 Å². The van der Waals surface area contributed by atoms with Crippen LogP contribution in [-0.2, 0) is 7.05 Å². The van der Waals surface area contributed by atoms with Gasteiger partial charge in [0.05, 0.1) is 6.61 Å². The zero-order valence-corrected chi connectivity index (χ0v) is 10.3. The molecule has 1 heterocycles. The van der Waals surface area contributed by atoms with Gasteiger partial charge >= 0.3 is 6.01 Å². The molecule has 0 bridgehead atoms. The van der Waals surface area contributed by atoms with Gasteiger partial charge in [0, 0.05) is 7.05 Å². The molecule has 0 aromatic carbocycles. The van der Waals surface area contributed by atoms with Crippen molar-refractivity contribution in [2.75, 3.05) is 19.7 Å². The summed E-state index contributed by atoms with van der Waals surface area (Å²) in [6.45, 7) is 5.03. The van der Waals surface area contributed by atoms with Crippen LogP contribution in [0.3, 0.4) is 0 Å². The molecule has 0 spiro atoms. The predicted octanol–water partition coefficient (Wildman–Crippen LogP) is 1.36. The highest BCUT2D eigenvalue weighted by atomic mass is 16.5. The monoisotopic (exact) mass is 226 g/mol. The molecule has 0 aliphatic carbocycles. The maximum absolute atomic E-state index is 5.40. The molecular formula is C11H22N4O. The fourth-order valence-corrected chi connectivity index (χ4v) is 1.43. The van der Waals surface area contributed by atoms with Crippen molar-refractivity contribution < 1.29 is 4.74 Å². The zero-order valence-electron chi connectivity index (χ0n) is 10.3. The summed E-state index contributed by atoms with van der Waals surface area (Å²) in [5.41, 5.74) is 0. The number of rotatable bonds is 9. The third-order valence-corrected chi connectivity index (χ3v) is 2.31. The van der Waals surface area contributed by atoms with E-state index in [0.29, 0.717) is 12.6 Å². The summed E-state index contributed by atoms with van der Waals surface area (Å²) < 4.78 is 7.04. The second kappa shape index (κ2) is 8.10. The minimum atomic E-state index is 0.482. The molecule has 0 fully saturated rings. The van der Waals surface area contributed by atoms with Crippen LogP contribution in [0.25, 0.3) is 0 Å². The molecule has 0 radical (unpaired) electrons. The highest BCUT2D eigenvalue weighted by Crippen LogP contribution is 2.02. The highest BCUT2D eigenvalue weighted by Gasteiger charge is 1.98. The number of nitrogens with zero attached hydrogens (tertiary/aromatic N) is 3. The number of aryl methyl sites for hydroxylation is 1. The molecule has 1 aromatic rings. The van der Waals surface area contributed by atoms with E-state index in [1.54, 1.807) is 11.0 Å². The van der Waals surface area contributed by atoms with E-state index in [2.05, 4.69) is 22.3 Å². The van der Waals surface area contributed by atoms with E-state index in [4.69, 9.17) is 4.74 Å². The third-order valence-electron chi connectivity index (χ3n) is 2.31. The van der Waals surface area contributed by atoms with Gasteiger partial charge in [0.25, 0.3) is 0 Å². The van der Waals surface area contributed by atoms with Gasteiger partial charge < -0.3 is 10.1 Å². The Morgan fingerprint density at radius 2 is 2.12 bits per heavy atom. The van der Waals surface area contributed by atoms with Gasteiger partial charge in [-0.2, -0.15) is 4.98 Å². The Kier molecular flexibility index (Phi) is 6.56. The molecule has 0 atom stereocenters. The van der Waals surface area contributed by atoms with Crippen LogP contribution in [0.15, 0.2) is 6.33 Å². The maximum atomic E-state index is 5.40. The Morgan fingerprint density at radius 1 is 1.31 bits per heavy atom. The van der Waals surface area contributed by atoms with E-state index in [-0.39, 0.29) is 0 Å². The Balaban J connectivity index is 1.88. The van der Waals surface area contributed by atoms with Crippen molar-refractivity contribution in [2.24, 2.45) is 7.05 Å². The predicted molar refractivity (Wildman–Crippen MR) is 63.5 cm³/mol. The van der Waals surface area contributed by atoms with Crippen molar-refractivity contribution in [1.29, 1.82) is 0 Å². The molecule has 0 saturated heterocycles. The third kappa shape index (κ3) is 5.70. The average Bonchev–Trinajstić information content (AvgIpc) is 2.68. The van der Waals surface area contributed by atoms with E-state index in [0.717, 1.165) is 19.5 Å². The molecule has 0 aliphatic heterocycles. The van der Waals surface area contributed by atoms with Crippen molar-refractivity contribution in [3.05, 3.63) is 6.33 Å². The van der Waals surface area contributed by atoms with Gasteiger partial charge in [0.15, 0.2) is 0 Å². The summed E-state index contributed by atoms with van der Waals surface area (Å²) in [5.74, 6) is 0. The van der Waals surface area contributed by atoms with Crippen LogP contribution in [0.1, 0.15) is 32.6 Å². The fourth-order valence-electron chi connectivity index (χ4n) is 1.43. The van der Waals surface area contributed by atoms with Gasteiger partial charge in [-0.25, -0.2) is 0 Å². The normalized spacial score (nSPS) is 10.6. The Bertz CT molecular complexity index is 275. The SMILES string of the molecule is CCNCCCCCCOc1ncn(C)n1. The first-order valence-corrected chi connectivity index (χ1v) is 6.02. The summed E-state index contributed by atoms with van der Waals surface area (Å²) in [4.78, 5) is 3.99. The van der Waals surface area contributed by atoms with Gasteiger partial charge in [-0.05, 0) is 25.9 Å². The Labute approximate surface area is 97.2 Å². The highest BCUT2D eigenvalue weighted by molar-refractivity contribution is 4.86. The topological polar surface area (TPSA) is 52.0 Å². The molecule has 5 nitrogen and oxygen atoms in total. The maximum Gasteiger partial charge on any atom is 0.335 e. The van der Waals surface area contributed by atoms with Gasteiger partial charge in [0.2, 0.25) is 0 Å². The number of ether oxygens (including phenoxy) is 1. The van der Waals surface area contributed by atoms with Gasteiger partial charge in [-0.1, -0.05) is 19.8 Å². The van der Waals surface area contributed by atoms with Gasteiger partial charge in [0.1, 0.15) is 6.33 Å². The lowest BCUT2D eigenvalue weighted by Crippen LogP contribution is -2.13. The van der Waals surface area contributed by atoms with Crippen molar-refractivity contribution in [3.63, 3.8) is 0 Å². The lowest BCUT2D eigenvalue weighted by molar-refractivity contribution is 0.280. The van der Waals surface area contributed by atoms with Crippen LogP contribution in [0, 0.1) is 0 Å². The zero-order chi connectivity index (χ0) is 11.6. The van der Waals surface area contributed by atoms with Crippen molar-refractivity contribution in [1.82, 2.24) is 20.1 Å². The molecular weight excluding hydrogens is 204 g/mol. The lowest BCUT2D eigenvalue weighted by atomic mass is 10.2. The Hall–Kier alpha value is -1.10. The molecule has 1 aromatic heterocycles. The van der Waals surface area contributed by atoms with Crippen LogP contribution in [0.5, 0.6) is 6.01 Å². The lowest BCUT2D eigenvalue weighted by Gasteiger charge is -2.02. The largest absolute Gasteiger partial charge is 0.462 e.